The number of amides is 2. The fourth-order valence-corrected chi connectivity index (χ4v) is 4.35. The monoisotopic (exact) mass is 517 g/mol. The second kappa shape index (κ2) is 12.8. The number of alkyl halides is 1. The Labute approximate surface area is 204 Å². The third kappa shape index (κ3) is 6.82. The number of hydrogen-bond donors (Lipinski definition) is 0. The van der Waals surface area contributed by atoms with E-state index in [2.05, 4.69) is 11.3 Å². The van der Waals surface area contributed by atoms with E-state index < -0.39 is 35.5 Å². The van der Waals surface area contributed by atoms with E-state index in [1.54, 1.807) is 0 Å². The topological polar surface area (TPSA) is 90.0 Å². The number of nitrogens with zero attached hydrogens (tertiary/aromatic N) is 1. The molecule has 1 aliphatic carbocycles. The van der Waals surface area contributed by atoms with Crippen molar-refractivity contribution >= 4 is 64.4 Å². The second-order valence-corrected chi connectivity index (χ2v) is 8.51. The second-order valence-electron chi connectivity index (χ2n) is 6.82. The molecule has 2 amide bonds. The van der Waals surface area contributed by atoms with Gasteiger partial charge in [0.15, 0.2) is 0 Å². The van der Waals surface area contributed by atoms with Gasteiger partial charge in [0.25, 0.3) is 5.91 Å². The molecule has 0 unspecified atom stereocenters. The molecule has 11 heteroatoms. The van der Waals surface area contributed by atoms with Crippen molar-refractivity contribution in [3.63, 3.8) is 0 Å². The minimum atomic E-state index is -0.943. The van der Waals surface area contributed by atoms with Crippen LogP contribution in [0.1, 0.15) is 25.7 Å². The number of methoxy groups -OCH3 is 1. The molecule has 0 spiro atoms. The Morgan fingerprint density at radius 3 is 2.48 bits per heavy atom. The van der Waals surface area contributed by atoms with Crippen LogP contribution in [0.3, 0.4) is 0 Å². The summed E-state index contributed by atoms with van der Waals surface area (Å²) in [6, 6.07) is 2.12. The summed E-state index contributed by atoms with van der Waals surface area (Å²) >= 11 is 12.7. The number of imide groups is 1. The van der Waals surface area contributed by atoms with Crippen LogP contribution in [0, 0.1) is 5.82 Å². The summed E-state index contributed by atoms with van der Waals surface area (Å²) in [5.41, 5.74) is -0.193. The Balaban J connectivity index is 2.53. The minimum Gasteiger partial charge on any atom is -0.468 e. The van der Waals surface area contributed by atoms with Gasteiger partial charge in [-0.3, -0.25) is 14.4 Å². The minimum absolute atomic E-state index is 0.0125. The number of hydrogen-bond acceptors (Lipinski definition) is 7. The van der Waals surface area contributed by atoms with Crippen LogP contribution in [0.5, 0.6) is 0 Å². The molecule has 0 saturated carbocycles. The van der Waals surface area contributed by atoms with Crippen LogP contribution >= 0.6 is 35.0 Å². The zero-order valence-corrected chi connectivity index (χ0v) is 20.2. The number of thioether (sulfide) groups is 1. The van der Waals surface area contributed by atoms with Gasteiger partial charge >= 0.3 is 11.9 Å². The SMILES string of the molecule is C=CCOC(=O)C1=C(C(=O)N(C(=O)CCl)c2cc(SCC(=O)OC)c(Cl)cc2F)CCCC1. The Morgan fingerprint density at radius 2 is 1.88 bits per heavy atom. The summed E-state index contributed by atoms with van der Waals surface area (Å²) in [7, 11) is 1.22. The normalized spacial score (nSPS) is 13.3. The van der Waals surface area contributed by atoms with Crippen molar-refractivity contribution in [3.8, 4) is 0 Å². The standard InChI is InChI=1S/C22H22Cl2FNO6S/c1-3-8-32-22(30)14-7-5-4-6-13(14)21(29)26(19(27)11-23)17-10-18(15(24)9-16(17)25)33-12-20(28)31-2/h3,9-10H,1,4-8,11-12H2,2H3. The van der Waals surface area contributed by atoms with Crippen LogP contribution in [-0.4, -0.2) is 49.1 Å². The zero-order valence-electron chi connectivity index (χ0n) is 17.8. The number of benzene rings is 1. The Hall–Kier alpha value is -2.36. The zero-order chi connectivity index (χ0) is 24.5. The lowest BCUT2D eigenvalue weighted by Gasteiger charge is -2.26. The van der Waals surface area contributed by atoms with Crippen molar-refractivity contribution in [2.75, 3.05) is 30.2 Å². The number of carbonyl (C=O) groups is 4. The van der Waals surface area contributed by atoms with Crippen LogP contribution in [0.2, 0.25) is 5.02 Å². The molecule has 1 aromatic carbocycles. The summed E-state index contributed by atoms with van der Waals surface area (Å²) < 4.78 is 24.5. The van der Waals surface area contributed by atoms with Gasteiger partial charge in [0.2, 0.25) is 5.91 Å². The molecule has 0 atom stereocenters. The first-order valence-corrected chi connectivity index (χ1v) is 11.8. The number of ether oxygens (including phenoxy) is 2. The summed E-state index contributed by atoms with van der Waals surface area (Å²) in [5.74, 6) is -4.66. The van der Waals surface area contributed by atoms with Crippen molar-refractivity contribution in [2.24, 2.45) is 0 Å². The van der Waals surface area contributed by atoms with E-state index in [1.165, 1.54) is 19.3 Å². The highest BCUT2D eigenvalue weighted by Gasteiger charge is 2.33. The molecule has 33 heavy (non-hydrogen) atoms. The third-order valence-electron chi connectivity index (χ3n) is 4.69. The molecule has 2 rings (SSSR count). The average Bonchev–Trinajstić information content (AvgIpc) is 2.82. The van der Waals surface area contributed by atoms with Crippen LogP contribution in [-0.2, 0) is 28.7 Å². The van der Waals surface area contributed by atoms with Crippen molar-refractivity contribution in [3.05, 3.63) is 46.8 Å². The number of anilines is 1. The molecule has 0 fully saturated rings. The fraction of sp³-hybridized carbons (Fsp3) is 0.364. The summed E-state index contributed by atoms with van der Waals surface area (Å²) in [6.07, 6.45) is 3.14. The Bertz CT molecular complexity index is 997. The van der Waals surface area contributed by atoms with Crippen LogP contribution < -0.4 is 4.90 Å². The number of halogens is 3. The molecule has 7 nitrogen and oxygen atoms in total. The quantitative estimate of drug-likeness (QED) is 0.207. The highest BCUT2D eigenvalue weighted by Crippen LogP contribution is 2.36. The molecule has 1 aromatic rings. The fourth-order valence-electron chi connectivity index (χ4n) is 3.14. The molecule has 1 aliphatic rings. The number of carbonyl (C=O) groups excluding carboxylic acids is 4. The number of rotatable bonds is 9. The van der Waals surface area contributed by atoms with Crippen molar-refractivity contribution in [2.45, 2.75) is 30.6 Å². The maximum atomic E-state index is 14.9. The lowest BCUT2D eigenvalue weighted by molar-refractivity contribution is -0.139. The van der Waals surface area contributed by atoms with E-state index in [4.69, 9.17) is 27.9 Å². The van der Waals surface area contributed by atoms with Gasteiger partial charge in [-0.1, -0.05) is 24.3 Å². The van der Waals surface area contributed by atoms with Gasteiger partial charge in [-0.2, -0.15) is 0 Å². The Morgan fingerprint density at radius 1 is 1.21 bits per heavy atom. The third-order valence-corrected chi connectivity index (χ3v) is 6.37. The molecule has 0 heterocycles. The van der Waals surface area contributed by atoms with Gasteiger partial charge < -0.3 is 9.47 Å². The van der Waals surface area contributed by atoms with Crippen molar-refractivity contribution in [1.29, 1.82) is 0 Å². The first kappa shape index (κ1) is 26.9. The summed E-state index contributed by atoms with van der Waals surface area (Å²) in [5, 5.41) is -0.0125. The van der Waals surface area contributed by atoms with E-state index in [0.29, 0.717) is 17.7 Å². The largest absolute Gasteiger partial charge is 0.468 e. The lowest BCUT2D eigenvalue weighted by Crippen LogP contribution is -2.40. The molecule has 0 bridgehead atoms. The highest BCUT2D eigenvalue weighted by atomic mass is 35.5. The van der Waals surface area contributed by atoms with Crippen molar-refractivity contribution in [1.82, 2.24) is 0 Å². The molecular formula is C22H22Cl2FNO6S. The van der Waals surface area contributed by atoms with Crippen LogP contribution in [0.4, 0.5) is 10.1 Å². The van der Waals surface area contributed by atoms with Gasteiger partial charge in [0, 0.05) is 16.0 Å². The summed E-state index contributed by atoms with van der Waals surface area (Å²) in [6.45, 7) is 3.44. The van der Waals surface area contributed by atoms with E-state index in [1.807, 2.05) is 0 Å². The molecule has 0 aliphatic heterocycles. The Kier molecular flexibility index (Phi) is 10.4. The van der Waals surface area contributed by atoms with Crippen molar-refractivity contribution < 1.29 is 33.0 Å². The lowest BCUT2D eigenvalue weighted by atomic mass is 9.90. The predicted molar refractivity (Wildman–Crippen MR) is 124 cm³/mol. The molecule has 0 radical (unpaired) electrons. The first-order valence-electron chi connectivity index (χ1n) is 9.87. The summed E-state index contributed by atoms with van der Waals surface area (Å²) in [4.78, 5) is 50.9. The maximum absolute atomic E-state index is 14.9. The predicted octanol–water partition coefficient (Wildman–Crippen LogP) is 4.44. The van der Waals surface area contributed by atoms with E-state index in [-0.39, 0.29) is 52.0 Å². The smallest absolute Gasteiger partial charge is 0.334 e. The maximum Gasteiger partial charge on any atom is 0.334 e. The van der Waals surface area contributed by atoms with E-state index in [9.17, 15) is 23.6 Å². The molecule has 0 saturated heterocycles. The molecule has 178 valence electrons. The van der Waals surface area contributed by atoms with Crippen LogP contribution in [0.15, 0.2) is 40.8 Å². The molecular weight excluding hydrogens is 496 g/mol. The van der Waals surface area contributed by atoms with Crippen LogP contribution in [0.25, 0.3) is 0 Å². The van der Waals surface area contributed by atoms with Gasteiger partial charge in [-0.25, -0.2) is 14.1 Å². The highest BCUT2D eigenvalue weighted by molar-refractivity contribution is 8.00. The molecule has 0 aromatic heterocycles. The van der Waals surface area contributed by atoms with E-state index >= 15 is 0 Å². The van der Waals surface area contributed by atoms with Gasteiger partial charge in [0.05, 0.1) is 23.6 Å². The molecule has 0 N–H and O–H groups in total. The van der Waals surface area contributed by atoms with E-state index in [0.717, 1.165) is 17.8 Å². The first-order chi connectivity index (χ1) is 15.7. The number of esters is 2. The van der Waals surface area contributed by atoms with Gasteiger partial charge in [-0.15, -0.1) is 23.4 Å². The average molecular weight is 518 g/mol. The van der Waals surface area contributed by atoms with Gasteiger partial charge in [0.1, 0.15) is 18.3 Å². The van der Waals surface area contributed by atoms with Gasteiger partial charge in [-0.05, 0) is 37.8 Å².